The first-order chi connectivity index (χ1) is 9.71. The van der Waals surface area contributed by atoms with Crippen molar-refractivity contribution in [3.63, 3.8) is 0 Å². The second-order valence-corrected chi connectivity index (χ2v) is 7.11. The zero-order chi connectivity index (χ0) is 15.7. The van der Waals surface area contributed by atoms with Gasteiger partial charge in [-0.2, -0.15) is 0 Å². The molecule has 1 aliphatic rings. The van der Waals surface area contributed by atoms with Gasteiger partial charge in [-0.05, 0) is 58.0 Å². The third-order valence-corrected chi connectivity index (χ3v) is 4.63. The van der Waals surface area contributed by atoms with E-state index in [4.69, 9.17) is 9.31 Å². The summed E-state index contributed by atoms with van der Waals surface area (Å²) in [7, 11) is -0.121. The van der Waals surface area contributed by atoms with Crippen molar-refractivity contribution in [3.8, 4) is 0 Å². The Labute approximate surface area is 129 Å². The molecule has 1 saturated heterocycles. The molecule has 0 aromatic heterocycles. The molecule has 2 rings (SSSR count). The van der Waals surface area contributed by atoms with Crippen LogP contribution in [0.1, 0.15) is 47.1 Å². The monoisotopic (exact) mass is 286 g/mol. The summed E-state index contributed by atoms with van der Waals surface area (Å²) in [4.78, 5) is 0. The quantitative estimate of drug-likeness (QED) is 0.739. The van der Waals surface area contributed by atoms with E-state index in [9.17, 15) is 0 Å². The molecule has 21 heavy (non-hydrogen) atoms. The van der Waals surface area contributed by atoms with Gasteiger partial charge in [0, 0.05) is 0 Å². The van der Waals surface area contributed by atoms with Gasteiger partial charge in [0.2, 0.25) is 0 Å². The lowest BCUT2D eigenvalue weighted by atomic mass is 9.77. The maximum absolute atomic E-state index is 6.07. The predicted octanol–water partition coefficient (Wildman–Crippen LogP) is 4.82. The number of hydrogen-bond acceptors (Lipinski definition) is 2. The Morgan fingerprint density at radius 1 is 1.10 bits per heavy atom. The van der Waals surface area contributed by atoms with Crippen LogP contribution in [0.4, 0.5) is 0 Å². The second kappa shape index (κ2) is 5.98. The van der Waals surface area contributed by atoms with Crippen molar-refractivity contribution >= 4 is 12.7 Å². The van der Waals surface area contributed by atoms with Crippen LogP contribution >= 0.6 is 0 Å². The summed E-state index contributed by atoms with van der Waals surface area (Å²) in [5.74, 6) is 0.417. The summed E-state index contributed by atoms with van der Waals surface area (Å²) >= 11 is 0. The molecular weight excluding hydrogens is 259 g/mol. The maximum Gasteiger partial charge on any atom is 0.458 e. The SMILES string of the molecule is C/C(=C\C(C)CB1OC(C)(C)C(C)(C)O1)c1ccccc1. The van der Waals surface area contributed by atoms with E-state index >= 15 is 0 Å². The van der Waals surface area contributed by atoms with Crippen molar-refractivity contribution in [2.45, 2.75) is 59.1 Å². The molecule has 1 aromatic rings. The molecular formula is C18H27BO2. The molecule has 1 aromatic carbocycles. The molecule has 0 amide bonds. The number of hydrogen-bond donors (Lipinski definition) is 0. The average molecular weight is 286 g/mol. The van der Waals surface area contributed by atoms with E-state index < -0.39 is 0 Å². The molecule has 114 valence electrons. The maximum atomic E-state index is 6.07. The summed E-state index contributed by atoms with van der Waals surface area (Å²) in [6, 6.07) is 10.5. The molecule has 1 atom stereocenters. The lowest BCUT2D eigenvalue weighted by Gasteiger charge is -2.32. The smallest absolute Gasteiger partial charge is 0.403 e. The number of benzene rings is 1. The van der Waals surface area contributed by atoms with Crippen LogP contribution in [0.5, 0.6) is 0 Å². The Morgan fingerprint density at radius 3 is 2.14 bits per heavy atom. The Morgan fingerprint density at radius 2 is 1.62 bits per heavy atom. The minimum absolute atomic E-state index is 0.121. The molecule has 1 fully saturated rings. The van der Waals surface area contributed by atoms with Crippen LogP contribution in [0.25, 0.3) is 5.57 Å². The first-order valence-corrected chi connectivity index (χ1v) is 7.81. The van der Waals surface area contributed by atoms with E-state index in [-0.39, 0.29) is 18.3 Å². The van der Waals surface area contributed by atoms with Crippen LogP contribution < -0.4 is 0 Å². The molecule has 1 aliphatic heterocycles. The van der Waals surface area contributed by atoms with Gasteiger partial charge in [-0.25, -0.2) is 0 Å². The molecule has 3 heteroatoms. The van der Waals surface area contributed by atoms with Gasteiger partial charge < -0.3 is 9.31 Å². The highest BCUT2D eigenvalue weighted by molar-refractivity contribution is 6.45. The van der Waals surface area contributed by atoms with Crippen LogP contribution in [0.15, 0.2) is 36.4 Å². The van der Waals surface area contributed by atoms with Gasteiger partial charge >= 0.3 is 7.12 Å². The van der Waals surface area contributed by atoms with Crippen molar-refractivity contribution in [1.82, 2.24) is 0 Å². The molecule has 0 N–H and O–H groups in total. The normalized spacial score (nSPS) is 22.4. The molecule has 0 spiro atoms. The third kappa shape index (κ3) is 3.78. The van der Waals surface area contributed by atoms with Gasteiger partial charge in [0.1, 0.15) is 0 Å². The van der Waals surface area contributed by atoms with Crippen LogP contribution in [-0.2, 0) is 9.31 Å². The average Bonchev–Trinajstić information content (AvgIpc) is 2.57. The van der Waals surface area contributed by atoms with E-state index in [1.165, 1.54) is 11.1 Å². The van der Waals surface area contributed by atoms with Crippen molar-refractivity contribution in [2.75, 3.05) is 0 Å². The van der Waals surface area contributed by atoms with Gasteiger partial charge in [-0.1, -0.05) is 43.3 Å². The van der Waals surface area contributed by atoms with Crippen LogP contribution in [0, 0.1) is 5.92 Å². The highest BCUT2D eigenvalue weighted by atomic mass is 16.7. The largest absolute Gasteiger partial charge is 0.458 e. The molecule has 0 radical (unpaired) electrons. The fourth-order valence-corrected chi connectivity index (χ4v) is 2.66. The molecule has 0 saturated carbocycles. The minimum atomic E-state index is -0.241. The van der Waals surface area contributed by atoms with Gasteiger partial charge in [0.15, 0.2) is 0 Å². The van der Waals surface area contributed by atoms with Crippen LogP contribution in [0.3, 0.4) is 0 Å². The first kappa shape index (κ1) is 16.3. The van der Waals surface area contributed by atoms with E-state index in [2.05, 4.69) is 71.9 Å². The summed E-state index contributed by atoms with van der Waals surface area (Å²) in [5, 5.41) is 0. The molecule has 1 heterocycles. The molecule has 1 unspecified atom stereocenters. The summed E-state index contributed by atoms with van der Waals surface area (Å²) in [5.41, 5.74) is 2.10. The molecule has 2 nitrogen and oxygen atoms in total. The Kier molecular flexibility index (Phi) is 4.65. The van der Waals surface area contributed by atoms with E-state index in [0.29, 0.717) is 5.92 Å². The second-order valence-electron chi connectivity index (χ2n) is 7.11. The Bertz CT molecular complexity index is 489. The minimum Gasteiger partial charge on any atom is -0.403 e. The highest BCUT2D eigenvalue weighted by Crippen LogP contribution is 2.38. The van der Waals surface area contributed by atoms with Crippen molar-refractivity contribution < 1.29 is 9.31 Å². The zero-order valence-electron chi connectivity index (χ0n) is 14.1. The topological polar surface area (TPSA) is 18.5 Å². The third-order valence-electron chi connectivity index (χ3n) is 4.63. The number of rotatable bonds is 4. The fourth-order valence-electron chi connectivity index (χ4n) is 2.66. The predicted molar refractivity (Wildman–Crippen MR) is 90.1 cm³/mol. The lowest BCUT2D eigenvalue weighted by molar-refractivity contribution is 0.00578. The van der Waals surface area contributed by atoms with Crippen molar-refractivity contribution in [2.24, 2.45) is 5.92 Å². The zero-order valence-corrected chi connectivity index (χ0v) is 14.1. The summed E-state index contributed by atoms with van der Waals surface area (Å²) in [6.45, 7) is 12.8. The Balaban J connectivity index is 1.99. The summed E-state index contributed by atoms with van der Waals surface area (Å²) < 4.78 is 12.1. The van der Waals surface area contributed by atoms with E-state index in [1.807, 2.05) is 6.07 Å². The first-order valence-electron chi connectivity index (χ1n) is 7.81. The van der Waals surface area contributed by atoms with Gasteiger partial charge in [-0.3, -0.25) is 0 Å². The highest BCUT2D eigenvalue weighted by Gasteiger charge is 2.50. The van der Waals surface area contributed by atoms with Crippen LogP contribution in [0.2, 0.25) is 6.32 Å². The fraction of sp³-hybridized carbons (Fsp3) is 0.556. The van der Waals surface area contributed by atoms with Gasteiger partial charge in [-0.15, -0.1) is 0 Å². The summed E-state index contributed by atoms with van der Waals surface area (Å²) in [6.07, 6.45) is 3.19. The standard InChI is InChI=1S/C18H27BO2/c1-14(12-15(2)16-10-8-7-9-11-16)13-19-20-17(3,4)18(5,6)21-19/h7-12,14H,13H2,1-6H3/b15-12+. The number of allylic oxidation sites excluding steroid dienone is 2. The van der Waals surface area contributed by atoms with Crippen LogP contribution in [-0.4, -0.2) is 18.3 Å². The van der Waals surface area contributed by atoms with Gasteiger partial charge in [0.25, 0.3) is 0 Å². The lowest BCUT2D eigenvalue weighted by Crippen LogP contribution is -2.41. The van der Waals surface area contributed by atoms with Gasteiger partial charge in [0.05, 0.1) is 11.2 Å². The van der Waals surface area contributed by atoms with Crippen molar-refractivity contribution in [1.29, 1.82) is 0 Å². The van der Waals surface area contributed by atoms with E-state index in [1.54, 1.807) is 0 Å². The molecule has 0 aliphatic carbocycles. The Hall–Kier alpha value is -1.06. The molecule has 0 bridgehead atoms. The van der Waals surface area contributed by atoms with Crippen molar-refractivity contribution in [3.05, 3.63) is 42.0 Å². The van der Waals surface area contributed by atoms with E-state index in [0.717, 1.165) is 6.32 Å².